The Balaban J connectivity index is 2.02. The van der Waals surface area contributed by atoms with Crippen LogP contribution >= 0.6 is 34.4 Å². The molecule has 0 saturated carbocycles. The van der Waals surface area contributed by atoms with Crippen LogP contribution < -0.4 is 0 Å². The molecule has 0 unspecified atom stereocenters. The molecule has 16 heavy (non-hydrogen) atoms. The zero-order valence-electron chi connectivity index (χ0n) is 9.11. The fourth-order valence-electron chi connectivity index (χ4n) is 1.41. The van der Waals surface area contributed by atoms with E-state index in [9.17, 15) is 0 Å². The Morgan fingerprint density at radius 2 is 1.69 bits per heavy atom. The lowest BCUT2D eigenvalue weighted by Gasteiger charge is -2.04. The van der Waals surface area contributed by atoms with E-state index in [-0.39, 0.29) is 0 Å². The molecule has 0 saturated heterocycles. The molecule has 0 aliphatic heterocycles. The van der Waals surface area contributed by atoms with Gasteiger partial charge in [-0.1, -0.05) is 35.9 Å². The first-order valence-electron chi connectivity index (χ1n) is 5.18. The first-order valence-corrected chi connectivity index (χ1v) is 7.25. The van der Waals surface area contributed by atoms with Crippen LogP contribution in [-0.4, -0.2) is 0 Å². The molecule has 0 atom stereocenters. The molecule has 0 fully saturated rings. The smallest absolute Gasteiger partial charge is 0.0242 e. The zero-order valence-corrected chi connectivity index (χ0v) is 12.1. The number of benzene rings is 2. The summed E-state index contributed by atoms with van der Waals surface area (Å²) in [6.07, 6.45) is 0. The first-order chi connectivity index (χ1) is 7.75. The second kappa shape index (κ2) is 5.73. The van der Waals surface area contributed by atoms with E-state index < -0.39 is 0 Å². The summed E-state index contributed by atoms with van der Waals surface area (Å²) in [6, 6.07) is 17.3. The minimum atomic E-state index is 1.04. The lowest BCUT2D eigenvalue weighted by Crippen LogP contribution is -1.84. The third-order valence-corrected chi connectivity index (χ3v) is 4.49. The van der Waals surface area contributed by atoms with Crippen molar-refractivity contribution < 1.29 is 0 Å². The number of hydrogen-bond donors (Lipinski definition) is 0. The molecule has 0 bridgehead atoms. The van der Waals surface area contributed by atoms with Crippen LogP contribution in [0.15, 0.2) is 53.4 Å². The van der Waals surface area contributed by atoms with Gasteiger partial charge in [-0.15, -0.1) is 11.8 Å². The van der Waals surface area contributed by atoms with E-state index >= 15 is 0 Å². The minimum Gasteiger partial charge on any atom is -0.121 e. The van der Waals surface area contributed by atoms with Crippen molar-refractivity contribution in [2.75, 3.05) is 0 Å². The molecule has 0 N–H and O–H groups in total. The highest BCUT2D eigenvalue weighted by atomic mass is 127. The highest BCUT2D eigenvalue weighted by Crippen LogP contribution is 2.25. The maximum Gasteiger partial charge on any atom is 0.0242 e. The van der Waals surface area contributed by atoms with Crippen LogP contribution in [0.4, 0.5) is 0 Å². The number of rotatable bonds is 3. The van der Waals surface area contributed by atoms with Gasteiger partial charge in [0, 0.05) is 14.2 Å². The molecule has 0 aliphatic rings. The van der Waals surface area contributed by atoms with E-state index in [0.717, 1.165) is 5.75 Å². The summed E-state index contributed by atoms with van der Waals surface area (Å²) in [5.74, 6) is 1.04. The third-order valence-electron chi connectivity index (χ3n) is 2.37. The number of thioether (sulfide) groups is 1. The van der Waals surface area contributed by atoms with Crippen LogP contribution in [-0.2, 0) is 5.75 Å². The number of halogens is 1. The molecule has 2 heteroatoms. The van der Waals surface area contributed by atoms with Gasteiger partial charge in [-0.05, 0) is 53.3 Å². The van der Waals surface area contributed by atoms with Gasteiger partial charge in [-0.3, -0.25) is 0 Å². The SMILES string of the molecule is Cc1ccc(SCc2ccccc2I)cc1. The van der Waals surface area contributed by atoms with Gasteiger partial charge in [0.25, 0.3) is 0 Å². The van der Waals surface area contributed by atoms with Crippen LogP contribution in [0.1, 0.15) is 11.1 Å². The van der Waals surface area contributed by atoms with Gasteiger partial charge in [-0.25, -0.2) is 0 Å². The van der Waals surface area contributed by atoms with E-state index in [2.05, 4.69) is 78.0 Å². The minimum absolute atomic E-state index is 1.04. The van der Waals surface area contributed by atoms with Crippen LogP contribution in [0.5, 0.6) is 0 Å². The maximum absolute atomic E-state index is 2.40. The number of hydrogen-bond acceptors (Lipinski definition) is 1. The molecule has 2 rings (SSSR count). The topological polar surface area (TPSA) is 0 Å². The Labute approximate surface area is 115 Å². The van der Waals surface area contributed by atoms with Crippen LogP contribution in [0.3, 0.4) is 0 Å². The Morgan fingerprint density at radius 1 is 1.00 bits per heavy atom. The predicted octanol–water partition coefficient (Wildman–Crippen LogP) is 4.89. The highest BCUT2D eigenvalue weighted by Gasteiger charge is 1.99. The summed E-state index contributed by atoms with van der Waals surface area (Å²) in [5.41, 5.74) is 2.73. The largest absolute Gasteiger partial charge is 0.121 e. The van der Waals surface area contributed by atoms with Gasteiger partial charge in [0.15, 0.2) is 0 Å². The summed E-state index contributed by atoms with van der Waals surface area (Å²) in [5, 5.41) is 0. The molecule has 0 spiro atoms. The molecular weight excluding hydrogens is 327 g/mol. The van der Waals surface area contributed by atoms with Crippen molar-refractivity contribution in [3.63, 3.8) is 0 Å². The van der Waals surface area contributed by atoms with Gasteiger partial charge < -0.3 is 0 Å². The van der Waals surface area contributed by atoms with E-state index in [1.807, 2.05) is 11.8 Å². The molecule has 2 aromatic carbocycles. The fraction of sp³-hybridized carbons (Fsp3) is 0.143. The summed E-state index contributed by atoms with van der Waals surface area (Å²) < 4.78 is 1.35. The normalized spacial score (nSPS) is 10.4. The summed E-state index contributed by atoms with van der Waals surface area (Å²) in [4.78, 5) is 1.34. The Kier molecular flexibility index (Phi) is 4.29. The lowest BCUT2D eigenvalue weighted by atomic mass is 10.2. The van der Waals surface area contributed by atoms with E-state index in [1.165, 1.54) is 19.6 Å². The molecule has 0 radical (unpaired) electrons. The highest BCUT2D eigenvalue weighted by molar-refractivity contribution is 14.1. The standard InChI is InChI=1S/C14H13IS/c1-11-6-8-13(9-7-11)16-10-12-4-2-3-5-14(12)15/h2-9H,10H2,1H3. The maximum atomic E-state index is 2.40. The average molecular weight is 340 g/mol. The molecule has 0 amide bonds. The Hall–Kier alpha value is -0.480. The van der Waals surface area contributed by atoms with Crippen molar-refractivity contribution in [1.82, 2.24) is 0 Å². The van der Waals surface area contributed by atoms with Crippen LogP contribution in [0, 0.1) is 10.5 Å². The second-order valence-electron chi connectivity index (χ2n) is 3.69. The first kappa shape index (κ1) is 12.0. The van der Waals surface area contributed by atoms with Gasteiger partial charge in [0.05, 0.1) is 0 Å². The molecular formula is C14H13IS. The van der Waals surface area contributed by atoms with E-state index in [4.69, 9.17) is 0 Å². The quantitative estimate of drug-likeness (QED) is 0.566. The molecule has 0 aromatic heterocycles. The Morgan fingerprint density at radius 3 is 2.38 bits per heavy atom. The molecule has 0 aliphatic carbocycles. The van der Waals surface area contributed by atoms with Gasteiger partial charge in [-0.2, -0.15) is 0 Å². The van der Waals surface area contributed by atoms with Gasteiger partial charge >= 0.3 is 0 Å². The summed E-state index contributed by atoms with van der Waals surface area (Å²) in [6.45, 7) is 2.12. The second-order valence-corrected chi connectivity index (χ2v) is 5.90. The van der Waals surface area contributed by atoms with Crippen LogP contribution in [0.2, 0.25) is 0 Å². The summed E-state index contributed by atoms with van der Waals surface area (Å²) in [7, 11) is 0. The van der Waals surface area contributed by atoms with Crippen molar-refractivity contribution >= 4 is 34.4 Å². The average Bonchev–Trinajstić information content (AvgIpc) is 2.30. The molecule has 82 valence electrons. The van der Waals surface area contributed by atoms with Crippen molar-refractivity contribution in [3.8, 4) is 0 Å². The van der Waals surface area contributed by atoms with Crippen molar-refractivity contribution in [1.29, 1.82) is 0 Å². The molecule has 0 heterocycles. The van der Waals surface area contributed by atoms with Gasteiger partial charge in [0.1, 0.15) is 0 Å². The fourth-order valence-corrected chi connectivity index (χ4v) is 3.15. The van der Waals surface area contributed by atoms with E-state index in [0.29, 0.717) is 0 Å². The zero-order chi connectivity index (χ0) is 11.4. The Bertz CT molecular complexity index is 462. The lowest BCUT2D eigenvalue weighted by molar-refractivity contribution is 1.34. The third kappa shape index (κ3) is 3.25. The van der Waals surface area contributed by atoms with Gasteiger partial charge in [0.2, 0.25) is 0 Å². The van der Waals surface area contributed by atoms with Crippen LogP contribution in [0.25, 0.3) is 0 Å². The molecule has 2 aromatic rings. The monoisotopic (exact) mass is 340 g/mol. The van der Waals surface area contributed by atoms with Crippen molar-refractivity contribution in [2.45, 2.75) is 17.6 Å². The van der Waals surface area contributed by atoms with Crippen molar-refractivity contribution in [2.24, 2.45) is 0 Å². The number of aryl methyl sites for hydroxylation is 1. The predicted molar refractivity (Wildman–Crippen MR) is 79.9 cm³/mol. The summed E-state index contributed by atoms with van der Waals surface area (Å²) >= 11 is 4.29. The van der Waals surface area contributed by atoms with Crippen molar-refractivity contribution in [3.05, 3.63) is 63.2 Å². The molecule has 0 nitrogen and oxygen atoms in total. The van der Waals surface area contributed by atoms with E-state index in [1.54, 1.807) is 0 Å².